The first-order valence-corrected chi connectivity index (χ1v) is 5.78. The minimum absolute atomic E-state index is 0.155. The number of carbonyl (C=O) groups is 1. The predicted molar refractivity (Wildman–Crippen MR) is 68.3 cm³/mol. The molecule has 0 atom stereocenters. The van der Waals surface area contributed by atoms with Crippen molar-refractivity contribution in [1.82, 2.24) is 15.5 Å². The van der Waals surface area contributed by atoms with Crippen molar-refractivity contribution in [3.8, 4) is 0 Å². The molecule has 2 aromatic rings. The Morgan fingerprint density at radius 1 is 1.47 bits per heavy atom. The topological polar surface area (TPSA) is 83.8 Å². The minimum atomic E-state index is -0.155. The molecular weight excluding hydrogens is 284 g/mol. The van der Waals surface area contributed by atoms with Crippen LogP contribution in [0.25, 0.3) is 0 Å². The Kier molecular flexibility index (Phi) is 3.43. The fourth-order valence-corrected chi connectivity index (χ4v) is 1.84. The van der Waals surface area contributed by atoms with Crippen molar-refractivity contribution in [1.29, 1.82) is 0 Å². The number of anilines is 1. The lowest BCUT2D eigenvalue weighted by atomic mass is 10.2. The van der Waals surface area contributed by atoms with E-state index in [0.717, 1.165) is 10.0 Å². The third-order valence-electron chi connectivity index (χ3n) is 2.31. The number of hydrogen-bond acceptors (Lipinski definition) is 3. The normalized spacial score (nSPS) is 10.2. The third kappa shape index (κ3) is 2.65. The summed E-state index contributed by atoms with van der Waals surface area (Å²) in [5.41, 5.74) is 6.98. The Morgan fingerprint density at radius 3 is 2.88 bits per heavy atom. The van der Waals surface area contributed by atoms with Crippen LogP contribution in [-0.4, -0.2) is 16.1 Å². The van der Waals surface area contributed by atoms with Gasteiger partial charge in [-0.2, -0.15) is 5.10 Å². The van der Waals surface area contributed by atoms with Gasteiger partial charge in [0.05, 0.1) is 11.8 Å². The number of benzene rings is 1. The lowest BCUT2D eigenvalue weighted by molar-refractivity contribution is 0.0950. The van der Waals surface area contributed by atoms with Crippen molar-refractivity contribution in [2.24, 2.45) is 0 Å². The van der Waals surface area contributed by atoms with E-state index in [1.165, 1.54) is 0 Å². The highest BCUT2D eigenvalue weighted by Crippen LogP contribution is 2.15. The molecule has 0 fully saturated rings. The lowest BCUT2D eigenvalue weighted by Crippen LogP contribution is -2.23. The molecule has 1 heterocycles. The van der Waals surface area contributed by atoms with Gasteiger partial charge in [-0.15, -0.1) is 0 Å². The maximum atomic E-state index is 11.9. The van der Waals surface area contributed by atoms with Crippen LogP contribution in [0.1, 0.15) is 15.9 Å². The summed E-state index contributed by atoms with van der Waals surface area (Å²) in [5.74, 6) is 0.315. The Morgan fingerprint density at radius 2 is 2.24 bits per heavy atom. The van der Waals surface area contributed by atoms with E-state index < -0.39 is 0 Å². The molecule has 1 amide bonds. The lowest BCUT2D eigenvalue weighted by Gasteiger charge is -2.05. The zero-order valence-electron chi connectivity index (χ0n) is 8.90. The van der Waals surface area contributed by atoms with Gasteiger partial charge in [0.2, 0.25) is 0 Å². The number of nitrogens with two attached hydrogens (primary N) is 1. The number of carbonyl (C=O) groups excluding carboxylic acids is 1. The van der Waals surface area contributed by atoms with Gasteiger partial charge in [0.15, 0.2) is 0 Å². The van der Waals surface area contributed by atoms with E-state index in [2.05, 4.69) is 31.4 Å². The average Bonchev–Trinajstić information content (AvgIpc) is 2.72. The van der Waals surface area contributed by atoms with E-state index in [1.807, 2.05) is 18.2 Å². The molecule has 0 aliphatic heterocycles. The van der Waals surface area contributed by atoms with Crippen LogP contribution < -0.4 is 11.1 Å². The molecular formula is C11H11BrN4O. The number of aromatic amines is 1. The SMILES string of the molecule is Nc1[nH]ncc1CNC(=O)c1ccccc1Br. The number of nitrogens with zero attached hydrogens (tertiary/aromatic N) is 1. The molecule has 6 heteroatoms. The summed E-state index contributed by atoms with van der Waals surface area (Å²) >= 11 is 3.33. The van der Waals surface area contributed by atoms with Gasteiger partial charge in [0, 0.05) is 16.6 Å². The van der Waals surface area contributed by atoms with Crippen molar-refractivity contribution < 1.29 is 4.79 Å². The first-order chi connectivity index (χ1) is 8.18. The molecule has 17 heavy (non-hydrogen) atoms. The van der Waals surface area contributed by atoms with Crippen LogP contribution in [0.15, 0.2) is 34.9 Å². The van der Waals surface area contributed by atoms with Crippen molar-refractivity contribution in [3.63, 3.8) is 0 Å². The monoisotopic (exact) mass is 294 g/mol. The van der Waals surface area contributed by atoms with Crippen molar-refractivity contribution in [2.75, 3.05) is 5.73 Å². The van der Waals surface area contributed by atoms with Crippen molar-refractivity contribution in [2.45, 2.75) is 6.54 Å². The molecule has 0 aliphatic rings. The van der Waals surface area contributed by atoms with Crippen LogP contribution in [0, 0.1) is 0 Å². The molecule has 0 bridgehead atoms. The number of H-pyrrole nitrogens is 1. The Balaban J connectivity index is 2.04. The van der Waals surface area contributed by atoms with Gasteiger partial charge in [0.1, 0.15) is 5.82 Å². The molecule has 5 nitrogen and oxygen atoms in total. The zero-order valence-corrected chi connectivity index (χ0v) is 10.5. The Hall–Kier alpha value is -1.82. The number of nitrogen functional groups attached to an aromatic ring is 1. The van der Waals surface area contributed by atoms with Crippen LogP contribution in [-0.2, 0) is 6.54 Å². The third-order valence-corrected chi connectivity index (χ3v) is 3.00. The second-order valence-electron chi connectivity index (χ2n) is 3.47. The first kappa shape index (κ1) is 11.7. The fourth-order valence-electron chi connectivity index (χ4n) is 1.38. The quantitative estimate of drug-likeness (QED) is 0.805. The molecule has 88 valence electrons. The van der Waals surface area contributed by atoms with Crippen molar-refractivity contribution >= 4 is 27.7 Å². The highest BCUT2D eigenvalue weighted by atomic mass is 79.9. The molecule has 2 rings (SSSR count). The number of rotatable bonds is 3. The van der Waals surface area contributed by atoms with Gasteiger partial charge < -0.3 is 11.1 Å². The first-order valence-electron chi connectivity index (χ1n) is 4.99. The molecule has 1 aromatic heterocycles. The summed E-state index contributed by atoms with van der Waals surface area (Å²) in [5, 5.41) is 9.16. The Bertz CT molecular complexity index is 538. The average molecular weight is 295 g/mol. The van der Waals surface area contributed by atoms with Gasteiger partial charge in [0.25, 0.3) is 5.91 Å². The van der Waals surface area contributed by atoms with E-state index in [9.17, 15) is 4.79 Å². The molecule has 0 radical (unpaired) electrons. The number of hydrogen-bond donors (Lipinski definition) is 3. The molecule has 0 saturated carbocycles. The standard InChI is InChI=1S/C11H11BrN4O/c12-9-4-2-1-3-8(9)11(17)14-5-7-6-15-16-10(7)13/h1-4,6H,5H2,(H,14,17)(H3,13,15,16). The molecule has 4 N–H and O–H groups in total. The highest BCUT2D eigenvalue weighted by Gasteiger charge is 2.09. The van der Waals surface area contributed by atoms with E-state index in [1.54, 1.807) is 12.3 Å². The molecule has 1 aromatic carbocycles. The summed E-state index contributed by atoms with van der Waals surface area (Å²) in [6.07, 6.45) is 1.59. The maximum Gasteiger partial charge on any atom is 0.252 e. The van der Waals surface area contributed by atoms with Gasteiger partial charge in [-0.05, 0) is 28.1 Å². The largest absolute Gasteiger partial charge is 0.384 e. The summed E-state index contributed by atoms with van der Waals surface area (Å²) in [7, 11) is 0. The van der Waals surface area contributed by atoms with Gasteiger partial charge in [-0.3, -0.25) is 9.89 Å². The van der Waals surface area contributed by atoms with Crippen LogP contribution in [0.4, 0.5) is 5.82 Å². The molecule has 0 unspecified atom stereocenters. The fraction of sp³-hybridized carbons (Fsp3) is 0.0909. The van der Waals surface area contributed by atoms with Crippen molar-refractivity contribution in [3.05, 3.63) is 46.1 Å². The van der Waals surface area contributed by atoms with Gasteiger partial charge >= 0.3 is 0 Å². The van der Waals surface area contributed by atoms with E-state index >= 15 is 0 Å². The zero-order chi connectivity index (χ0) is 12.3. The molecule has 0 aliphatic carbocycles. The van der Waals surface area contributed by atoms with Crippen LogP contribution in [0.3, 0.4) is 0 Å². The van der Waals surface area contributed by atoms with Crippen LogP contribution in [0.2, 0.25) is 0 Å². The van der Waals surface area contributed by atoms with E-state index in [0.29, 0.717) is 17.9 Å². The number of aromatic nitrogens is 2. The van der Waals surface area contributed by atoms with E-state index in [4.69, 9.17) is 5.73 Å². The van der Waals surface area contributed by atoms with E-state index in [-0.39, 0.29) is 5.91 Å². The maximum absolute atomic E-state index is 11.9. The second kappa shape index (κ2) is 5.01. The Labute approximate surface area is 107 Å². The smallest absolute Gasteiger partial charge is 0.252 e. The summed E-state index contributed by atoms with van der Waals surface area (Å²) < 4.78 is 0.762. The number of nitrogens with one attached hydrogen (secondary N) is 2. The molecule has 0 saturated heterocycles. The number of amides is 1. The number of halogens is 1. The summed E-state index contributed by atoms with van der Waals surface area (Å²) in [6.45, 7) is 0.350. The van der Waals surface area contributed by atoms with Crippen LogP contribution >= 0.6 is 15.9 Å². The molecule has 0 spiro atoms. The highest BCUT2D eigenvalue weighted by molar-refractivity contribution is 9.10. The summed E-state index contributed by atoms with van der Waals surface area (Å²) in [6, 6.07) is 7.24. The second-order valence-corrected chi connectivity index (χ2v) is 4.33. The summed E-state index contributed by atoms with van der Waals surface area (Å²) in [4.78, 5) is 11.9. The minimum Gasteiger partial charge on any atom is -0.384 e. The van der Waals surface area contributed by atoms with Gasteiger partial charge in [-0.25, -0.2) is 0 Å². The van der Waals surface area contributed by atoms with Gasteiger partial charge in [-0.1, -0.05) is 12.1 Å². The van der Waals surface area contributed by atoms with Crippen LogP contribution in [0.5, 0.6) is 0 Å². The predicted octanol–water partition coefficient (Wildman–Crippen LogP) is 1.68.